The highest BCUT2D eigenvalue weighted by molar-refractivity contribution is 6.60. The minimum absolute atomic E-state index is 0.127. The zero-order valence-electron chi connectivity index (χ0n) is 11.4. The summed E-state index contributed by atoms with van der Waals surface area (Å²) in [6, 6.07) is 10.9. The Labute approximate surface area is 110 Å². The van der Waals surface area contributed by atoms with Crippen molar-refractivity contribution < 1.29 is 13.3 Å². The fraction of sp³-hybridized carbons (Fsp3) is 0.538. The lowest BCUT2D eigenvalue weighted by Gasteiger charge is -2.27. The zero-order chi connectivity index (χ0) is 13.4. The summed E-state index contributed by atoms with van der Waals surface area (Å²) in [5.74, 6) is 0. The highest BCUT2D eigenvalue weighted by atomic mass is 28.4. The quantitative estimate of drug-likeness (QED) is 0.735. The van der Waals surface area contributed by atoms with E-state index in [4.69, 9.17) is 19.0 Å². The van der Waals surface area contributed by atoms with Crippen molar-refractivity contribution in [3.8, 4) is 0 Å². The number of benzene rings is 1. The van der Waals surface area contributed by atoms with E-state index in [9.17, 15) is 0 Å². The third-order valence-corrected chi connectivity index (χ3v) is 5.56. The van der Waals surface area contributed by atoms with Crippen LogP contribution in [0.1, 0.15) is 18.9 Å². The summed E-state index contributed by atoms with van der Waals surface area (Å²) < 4.78 is 16.9. The molecule has 1 unspecified atom stereocenters. The lowest BCUT2D eigenvalue weighted by Crippen LogP contribution is -2.44. The minimum atomic E-state index is -2.57. The SMILES string of the molecule is CO[Si](CCC(C)N)(OC)OCc1ccccc1. The molecule has 2 N–H and O–H groups in total. The van der Waals surface area contributed by atoms with Gasteiger partial charge in [-0.05, 0) is 18.9 Å². The van der Waals surface area contributed by atoms with E-state index in [0.717, 1.165) is 18.0 Å². The first kappa shape index (κ1) is 15.3. The molecule has 0 aliphatic rings. The van der Waals surface area contributed by atoms with Crippen LogP contribution >= 0.6 is 0 Å². The minimum Gasteiger partial charge on any atom is -0.377 e. The largest absolute Gasteiger partial charge is 0.500 e. The van der Waals surface area contributed by atoms with Crippen LogP contribution in [0.5, 0.6) is 0 Å². The molecule has 0 saturated heterocycles. The third kappa shape index (κ3) is 4.87. The van der Waals surface area contributed by atoms with Gasteiger partial charge in [-0.1, -0.05) is 30.3 Å². The van der Waals surface area contributed by atoms with E-state index in [0.29, 0.717) is 6.61 Å². The van der Waals surface area contributed by atoms with E-state index < -0.39 is 8.80 Å². The molecule has 0 radical (unpaired) electrons. The molecule has 0 saturated carbocycles. The van der Waals surface area contributed by atoms with Gasteiger partial charge in [0.25, 0.3) is 0 Å². The molecule has 0 amide bonds. The van der Waals surface area contributed by atoms with Crippen molar-refractivity contribution >= 4 is 8.80 Å². The van der Waals surface area contributed by atoms with Gasteiger partial charge in [0, 0.05) is 26.3 Å². The smallest absolute Gasteiger partial charge is 0.377 e. The first-order chi connectivity index (χ1) is 8.62. The Hall–Kier alpha value is -0.723. The van der Waals surface area contributed by atoms with Gasteiger partial charge in [0.05, 0.1) is 6.61 Å². The molecule has 18 heavy (non-hydrogen) atoms. The monoisotopic (exact) mass is 269 g/mol. The molecule has 0 spiro atoms. The standard InChI is InChI=1S/C13H23NO3Si/c1-12(14)9-10-18(15-2,16-3)17-11-13-7-5-4-6-8-13/h4-8,12H,9-11,14H2,1-3H3. The number of rotatable bonds is 8. The normalized spacial score (nSPS) is 13.6. The van der Waals surface area contributed by atoms with Crippen molar-refractivity contribution in [1.82, 2.24) is 0 Å². The lowest BCUT2D eigenvalue weighted by atomic mass is 10.2. The van der Waals surface area contributed by atoms with Crippen molar-refractivity contribution in [2.75, 3.05) is 14.2 Å². The topological polar surface area (TPSA) is 53.7 Å². The second-order valence-corrected chi connectivity index (χ2v) is 7.35. The van der Waals surface area contributed by atoms with E-state index in [-0.39, 0.29) is 6.04 Å². The molecular formula is C13H23NO3Si. The Morgan fingerprint density at radius 2 is 1.78 bits per heavy atom. The molecule has 1 aromatic carbocycles. The molecule has 0 fully saturated rings. The molecule has 0 aromatic heterocycles. The van der Waals surface area contributed by atoms with Crippen molar-refractivity contribution in [2.24, 2.45) is 5.73 Å². The van der Waals surface area contributed by atoms with E-state index in [1.807, 2.05) is 37.3 Å². The Balaban J connectivity index is 2.56. The second-order valence-electron chi connectivity index (χ2n) is 4.38. The van der Waals surface area contributed by atoms with Crippen molar-refractivity contribution in [3.63, 3.8) is 0 Å². The number of hydrogen-bond donors (Lipinski definition) is 1. The van der Waals surface area contributed by atoms with Gasteiger partial charge in [-0.3, -0.25) is 0 Å². The van der Waals surface area contributed by atoms with Gasteiger partial charge in [0.1, 0.15) is 0 Å². The molecular weight excluding hydrogens is 246 g/mol. The first-order valence-electron chi connectivity index (χ1n) is 6.15. The highest BCUT2D eigenvalue weighted by Gasteiger charge is 2.38. The van der Waals surface area contributed by atoms with E-state index >= 15 is 0 Å². The molecule has 0 aliphatic heterocycles. The second kappa shape index (κ2) is 7.65. The molecule has 102 valence electrons. The maximum absolute atomic E-state index is 5.90. The number of nitrogens with two attached hydrogens (primary N) is 1. The van der Waals surface area contributed by atoms with Gasteiger partial charge >= 0.3 is 8.80 Å². The van der Waals surface area contributed by atoms with Crippen LogP contribution in [0, 0.1) is 0 Å². The summed E-state index contributed by atoms with van der Waals surface area (Å²) in [6.45, 7) is 2.48. The van der Waals surface area contributed by atoms with Crippen LogP contribution in [0.3, 0.4) is 0 Å². The van der Waals surface area contributed by atoms with Gasteiger partial charge < -0.3 is 19.0 Å². The maximum Gasteiger partial charge on any atom is 0.500 e. The lowest BCUT2D eigenvalue weighted by molar-refractivity contribution is 0.0903. The molecule has 0 aliphatic carbocycles. The third-order valence-electron chi connectivity index (χ3n) is 2.83. The Morgan fingerprint density at radius 1 is 1.17 bits per heavy atom. The van der Waals surface area contributed by atoms with Crippen molar-refractivity contribution in [1.29, 1.82) is 0 Å². The van der Waals surface area contributed by atoms with Crippen LogP contribution in [-0.4, -0.2) is 29.1 Å². The van der Waals surface area contributed by atoms with Crippen LogP contribution in [-0.2, 0) is 19.9 Å². The first-order valence-corrected chi connectivity index (χ1v) is 8.09. The Morgan fingerprint density at radius 3 is 2.28 bits per heavy atom. The molecule has 1 rings (SSSR count). The molecule has 0 heterocycles. The zero-order valence-corrected chi connectivity index (χ0v) is 12.4. The summed E-state index contributed by atoms with van der Waals surface area (Å²) in [5, 5.41) is 0. The fourth-order valence-corrected chi connectivity index (χ4v) is 3.80. The van der Waals surface area contributed by atoms with Crippen LogP contribution in [0.25, 0.3) is 0 Å². The molecule has 1 aromatic rings. The average Bonchev–Trinajstić information content (AvgIpc) is 2.41. The highest BCUT2D eigenvalue weighted by Crippen LogP contribution is 2.19. The Bertz CT molecular complexity index is 328. The van der Waals surface area contributed by atoms with Crippen molar-refractivity contribution in [2.45, 2.75) is 32.0 Å². The molecule has 1 atom stereocenters. The van der Waals surface area contributed by atoms with E-state index in [1.165, 1.54) is 0 Å². The van der Waals surface area contributed by atoms with Gasteiger partial charge in [0.15, 0.2) is 0 Å². The maximum atomic E-state index is 5.90. The van der Waals surface area contributed by atoms with Gasteiger partial charge in [-0.15, -0.1) is 0 Å². The summed E-state index contributed by atoms with van der Waals surface area (Å²) >= 11 is 0. The molecule has 0 bridgehead atoms. The van der Waals surface area contributed by atoms with Gasteiger partial charge in [-0.2, -0.15) is 0 Å². The predicted molar refractivity (Wildman–Crippen MR) is 74.1 cm³/mol. The predicted octanol–water partition coefficient (Wildman–Crippen LogP) is 2.17. The Kier molecular flexibility index (Phi) is 6.52. The van der Waals surface area contributed by atoms with Crippen LogP contribution in [0.4, 0.5) is 0 Å². The summed E-state index contributed by atoms with van der Waals surface area (Å²) in [7, 11) is 0.713. The van der Waals surface area contributed by atoms with E-state index in [2.05, 4.69) is 0 Å². The average molecular weight is 269 g/mol. The van der Waals surface area contributed by atoms with Crippen molar-refractivity contribution in [3.05, 3.63) is 35.9 Å². The van der Waals surface area contributed by atoms with Crippen LogP contribution in [0.2, 0.25) is 6.04 Å². The van der Waals surface area contributed by atoms with Gasteiger partial charge in [0.2, 0.25) is 0 Å². The fourth-order valence-electron chi connectivity index (χ4n) is 1.65. The summed E-state index contributed by atoms with van der Waals surface area (Å²) in [6.07, 6.45) is 0.836. The summed E-state index contributed by atoms with van der Waals surface area (Å²) in [5.41, 5.74) is 6.89. The summed E-state index contributed by atoms with van der Waals surface area (Å²) in [4.78, 5) is 0. The van der Waals surface area contributed by atoms with Crippen LogP contribution in [0.15, 0.2) is 30.3 Å². The molecule has 5 heteroatoms. The number of hydrogen-bond acceptors (Lipinski definition) is 4. The van der Waals surface area contributed by atoms with Crippen LogP contribution < -0.4 is 5.73 Å². The molecule has 4 nitrogen and oxygen atoms in total. The van der Waals surface area contributed by atoms with E-state index in [1.54, 1.807) is 14.2 Å². The van der Waals surface area contributed by atoms with Gasteiger partial charge in [-0.25, -0.2) is 0 Å².